The number of amides is 1. The molecule has 12 heteroatoms. The number of nitrogens with one attached hydrogen (secondary N) is 2. The molecular weight excluding hydrogens is 521 g/mol. The Kier molecular flexibility index (Phi) is 8.49. The summed E-state index contributed by atoms with van der Waals surface area (Å²) in [6, 6.07) is 14.0. The maximum atomic E-state index is 13.2. The number of carbonyl (C=O) groups excluding carboxylic acids is 1. The third kappa shape index (κ3) is 6.68. The summed E-state index contributed by atoms with van der Waals surface area (Å²) in [6.07, 6.45) is -4.81. The van der Waals surface area contributed by atoms with Crippen LogP contribution in [0.1, 0.15) is 11.1 Å². The second-order valence-corrected chi connectivity index (χ2v) is 9.68. The van der Waals surface area contributed by atoms with E-state index in [2.05, 4.69) is 10.0 Å². The van der Waals surface area contributed by atoms with Crippen molar-refractivity contribution in [3.8, 4) is 11.5 Å². The van der Waals surface area contributed by atoms with Crippen molar-refractivity contribution in [3.05, 3.63) is 82.9 Å². The lowest BCUT2D eigenvalue weighted by molar-refractivity contribution is -0.137. The van der Waals surface area contributed by atoms with Gasteiger partial charge in [0.1, 0.15) is 6.04 Å². The highest BCUT2D eigenvalue weighted by molar-refractivity contribution is 7.89. The molecule has 0 aliphatic carbocycles. The third-order valence-corrected chi connectivity index (χ3v) is 6.90. The van der Waals surface area contributed by atoms with Crippen molar-refractivity contribution in [1.29, 1.82) is 0 Å². The Morgan fingerprint density at radius 3 is 2.25 bits per heavy atom. The van der Waals surface area contributed by atoms with Gasteiger partial charge in [-0.3, -0.25) is 4.79 Å². The first kappa shape index (κ1) is 27.3. The summed E-state index contributed by atoms with van der Waals surface area (Å²) in [5, 5.41) is 1.82. The second kappa shape index (κ2) is 11.2. The third-order valence-electron chi connectivity index (χ3n) is 5.10. The van der Waals surface area contributed by atoms with Gasteiger partial charge in [0.15, 0.2) is 11.5 Å². The molecule has 1 amide bonds. The zero-order valence-corrected chi connectivity index (χ0v) is 20.7. The number of halogens is 4. The number of alkyl halides is 3. The van der Waals surface area contributed by atoms with Crippen molar-refractivity contribution in [1.82, 2.24) is 4.72 Å². The topological polar surface area (TPSA) is 93.7 Å². The van der Waals surface area contributed by atoms with E-state index >= 15 is 0 Å². The van der Waals surface area contributed by atoms with Gasteiger partial charge >= 0.3 is 6.18 Å². The molecule has 0 unspecified atom stereocenters. The number of rotatable bonds is 9. The highest BCUT2D eigenvalue weighted by Gasteiger charge is 2.34. The Balaban J connectivity index is 1.92. The molecule has 0 saturated carbocycles. The summed E-state index contributed by atoms with van der Waals surface area (Å²) in [4.78, 5) is 12.9. The van der Waals surface area contributed by atoms with Gasteiger partial charge in [-0.1, -0.05) is 41.9 Å². The first-order valence-electron chi connectivity index (χ1n) is 10.4. The summed E-state index contributed by atoms with van der Waals surface area (Å²) in [7, 11) is -1.52. The van der Waals surface area contributed by atoms with Gasteiger partial charge in [-0.05, 0) is 42.3 Å². The van der Waals surface area contributed by atoms with Gasteiger partial charge in [-0.2, -0.15) is 17.9 Å². The van der Waals surface area contributed by atoms with Crippen LogP contribution in [0.5, 0.6) is 11.5 Å². The Labute approximate surface area is 211 Å². The minimum atomic E-state index is -4.74. The average Bonchev–Trinajstić information content (AvgIpc) is 2.84. The average molecular weight is 543 g/mol. The monoisotopic (exact) mass is 542 g/mol. The standard InChI is InChI=1S/C24H22ClF3N2O5S/c1-34-21-11-9-17(14-22(21)35-2)36(32,33)30-20(12-15-6-4-3-5-7-15)23(31)29-16-8-10-19(25)18(13-16)24(26,27)28/h3-11,13-14,20,30H,12H2,1-2H3,(H,29,31)/t20-/m0/s1. The van der Waals surface area contributed by atoms with E-state index in [1.165, 1.54) is 38.5 Å². The molecule has 36 heavy (non-hydrogen) atoms. The van der Waals surface area contributed by atoms with E-state index in [-0.39, 0.29) is 22.8 Å². The second-order valence-electron chi connectivity index (χ2n) is 7.56. The molecule has 3 aromatic carbocycles. The van der Waals surface area contributed by atoms with E-state index < -0.39 is 38.7 Å². The van der Waals surface area contributed by atoms with Gasteiger partial charge in [-0.15, -0.1) is 0 Å². The van der Waals surface area contributed by atoms with Crippen molar-refractivity contribution in [2.75, 3.05) is 19.5 Å². The van der Waals surface area contributed by atoms with Crippen molar-refractivity contribution >= 4 is 33.2 Å². The zero-order valence-electron chi connectivity index (χ0n) is 19.1. The molecule has 1 atom stereocenters. The van der Waals surface area contributed by atoms with Crippen LogP contribution in [-0.4, -0.2) is 34.6 Å². The summed E-state index contributed by atoms with van der Waals surface area (Å²) < 4.78 is 78.6. The van der Waals surface area contributed by atoms with E-state index in [0.717, 1.165) is 6.07 Å². The van der Waals surface area contributed by atoms with Gasteiger partial charge in [0.25, 0.3) is 0 Å². The van der Waals surface area contributed by atoms with Crippen LogP contribution in [0.4, 0.5) is 18.9 Å². The Bertz CT molecular complexity index is 1340. The van der Waals surface area contributed by atoms with Crippen LogP contribution in [0.2, 0.25) is 5.02 Å². The molecule has 0 heterocycles. The number of hydrogen-bond donors (Lipinski definition) is 2. The Morgan fingerprint density at radius 1 is 0.972 bits per heavy atom. The van der Waals surface area contributed by atoms with Gasteiger partial charge < -0.3 is 14.8 Å². The quantitative estimate of drug-likeness (QED) is 0.401. The van der Waals surface area contributed by atoms with Crippen LogP contribution in [0.3, 0.4) is 0 Å². The van der Waals surface area contributed by atoms with Crippen molar-refractivity contribution in [2.24, 2.45) is 0 Å². The van der Waals surface area contributed by atoms with Crippen molar-refractivity contribution in [3.63, 3.8) is 0 Å². The van der Waals surface area contributed by atoms with Crippen LogP contribution in [0.25, 0.3) is 0 Å². The van der Waals surface area contributed by atoms with Crippen molar-refractivity contribution < 1.29 is 35.9 Å². The molecule has 0 aliphatic heterocycles. The fraction of sp³-hybridized carbons (Fsp3) is 0.208. The number of sulfonamides is 1. The van der Waals surface area contributed by atoms with Gasteiger partial charge in [0.2, 0.25) is 15.9 Å². The summed E-state index contributed by atoms with van der Waals surface area (Å²) in [5.41, 5.74) is -0.702. The fourth-order valence-corrected chi connectivity index (χ4v) is 4.76. The molecule has 0 bridgehead atoms. The molecule has 0 radical (unpaired) electrons. The molecule has 3 rings (SSSR count). The first-order chi connectivity index (χ1) is 16.9. The lowest BCUT2D eigenvalue weighted by Crippen LogP contribution is -2.45. The highest BCUT2D eigenvalue weighted by Crippen LogP contribution is 2.36. The largest absolute Gasteiger partial charge is 0.493 e. The number of methoxy groups -OCH3 is 2. The predicted octanol–water partition coefficient (Wildman–Crippen LogP) is 4.90. The molecule has 0 saturated heterocycles. The summed E-state index contributed by atoms with van der Waals surface area (Å²) in [5.74, 6) is -0.401. The van der Waals surface area contributed by atoms with E-state index in [1.54, 1.807) is 30.3 Å². The molecule has 0 fully saturated rings. The first-order valence-corrected chi connectivity index (χ1v) is 12.3. The normalized spacial score (nSPS) is 12.6. The zero-order chi connectivity index (χ0) is 26.5. The maximum Gasteiger partial charge on any atom is 0.417 e. The van der Waals surface area contributed by atoms with Crippen LogP contribution in [0, 0.1) is 0 Å². The van der Waals surface area contributed by atoms with Gasteiger partial charge in [-0.25, -0.2) is 8.42 Å². The predicted molar refractivity (Wildman–Crippen MR) is 129 cm³/mol. The van der Waals surface area contributed by atoms with Crippen molar-refractivity contribution in [2.45, 2.75) is 23.5 Å². The maximum absolute atomic E-state index is 13.2. The number of anilines is 1. The smallest absolute Gasteiger partial charge is 0.417 e. The Morgan fingerprint density at radius 2 is 1.64 bits per heavy atom. The molecule has 2 N–H and O–H groups in total. The van der Waals surface area contributed by atoms with Crippen LogP contribution >= 0.6 is 11.6 Å². The minimum Gasteiger partial charge on any atom is -0.493 e. The van der Waals surface area contributed by atoms with Gasteiger partial charge in [0, 0.05) is 11.8 Å². The molecule has 7 nitrogen and oxygen atoms in total. The Hall–Kier alpha value is -3.28. The molecular formula is C24H22ClF3N2O5S. The molecule has 192 valence electrons. The van der Waals surface area contributed by atoms with Crippen LogP contribution in [0.15, 0.2) is 71.6 Å². The lowest BCUT2D eigenvalue weighted by atomic mass is 10.1. The summed E-state index contributed by atoms with van der Waals surface area (Å²) >= 11 is 5.65. The van der Waals surface area contributed by atoms with E-state index in [9.17, 15) is 26.4 Å². The number of hydrogen-bond acceptors (Lipinski definition) is 5. The van der Waals surface area contributed by atoms with Crippen LogP contribution in [-0.2, 0) is 27.4 Å². The molecule has 0 spiro atoms. The molecule has 0 aromatic heterocycles. The minimum absolute atomic E-state index is 0.0705. The molecule has 3 aromatic rings. The van der Waals surface area contributed by atoms with Gasteiger partial charge in [0.05, 0.1) is 29.7 Å². The number of ether oxygens (including phenoxy) is 2. The SMILES string of the molecule is COc1ccc(S(=O)(=O)N[C@@H](Cc2ccccc2)C(=O)Nc2ccc(Cl)c(C(F)(F)F)c2)cc1OC. The van der Waals surface area contributed by atoms with E-state index in [4.69, 9.17) is 21.1 Å². The molecule has 0 aliphatic rings. The number of benzene rings is 3. The van der Waals surface area contributed by atoms with E-state index in [1.807, 2.05) is 0 Å². The lowest BCUT2D eigenvalue weighted by Gasteiger charge is -2.20. The fourth-order valence-electron chi connectivity index (χ4n) is 3.33. The van der Waals surface area contributed by atoms with Crippen LogP contribution < -0.4 is 19.5 Å². The summed E-state index contributed by atoms with van der Waals surface area (Å²) in [6.45, 7) is 0. The highest BCUT2D eigenvalue weighted by atomic mass is 35.5. The van der Waals surface area contributed by atoms with E-state index in [0.29, 0.717) is 17.4 Å². The number of carbonyl (C=O) groups is 1.